The fraction of sp³-hybridized carbons (Fsp3) is 0.565. The van der Waals surface area contributed by atoms with Crippen LogP contribution >= 0.6 is 11.3 Å². The van der Waals surface area contributed by atoms with Crippen molar-refractivity contribution in [1.29, 1.82) is 0 Å². The molecular weight excluding hydrogens is 398 g/mol. The molecule has 30 heavy (non-hydrogen) atoms. The molecule has 3 rings (SSSR count). The molecule has 0 atom stereocenters. The molecule has 0 unspecified atom stereocenters. The maximum atomic E-state index is 12.1. The summed E-state index contributed by atoms with van der Waals surface area (Å²) in [5.74, 6) is 0.0151. The van der Waals surface area contributed by atoms with Gasteiger partial charge in [-0.05, 0) is 18.4 Å². The summed E-state index contributed by atoms with van der Waals surface area (Å²) >= 11 is 1.59. The van der Waals surface area contributed by atoms with Crippen LogP contribution in [0.25, 0.3) is 10.6 Å². The van der Waals surface area contributed by atoms with Gasteiger partial charge in [0.25, 0.3) is 0 Å². The first-order valence-electron chi connectivity index (χ1n) is 10.9. The summed E-state index contributed by atoms with van der Waals surface area (Å²) in [6.45, 7) is 8.87. The Hall–Kier alpha value is -1.80. The van der Waals surface area contributed by atoms with Crippen LogP contribution < -0.4 is 5.32 Å². The zero-order chi connectivity index (χ0) is 21.0. The van der Waals surface area contributed by atoms with Crippen molar-refractivity contribution in [1.82, 2.24) is 15.2 Å². The van der Waals surface area contributed by atoms with Crippen molar-refractivity contribution < 1.29 is 14.3 Å². The van der Waals surface area contributed by atoms with Gasteiger partial charge < -0.3 is 14.8 Å². The van der Waals surface area contributed by atoms with Gasteiger partial charge in [-0.3, -0.25) is 9.69 Å². The maximum Gasteiger partial charge on any atom is 0.226 e. The number of nitrogens with one attached hydrogen (secondary N) is 1. The molecule has 1 fully saturated rings. The predicted octanol–water partition coefficient (Wildman–Crippen LogP) is 3.51. The minimum absolute atomic E-state index is 0.0151. The first kappa shape index (κ1) is 22.9. The number of amides is 1. The number of rotatable bonds is 12. The minimum Gasteiger partial charge on any atom is -0.381 e. The second-order valence-corrected chi connectivity index (χ2v) is 8.43. The average Bonchev–Trinajstić information content (AvgIpc) is 3.23. The number of thiazole rings is 1. The average molecular weight is 432 g/mol. The Labute approximate surface area is 183 Å². The number of benzene rings is 1. The third-order valence-electron chi connectivity index (χ3n) is 5.03. The van der Waals surface area contributed by atoms with Crippen LogP contribution in [0.1, 0.15) is 37.4 Å². The molecule has 1 amide bonds. The zero-order valence-corrected chi connectivity index (χ0v) is 18.7. The predicted molar refractivity (Wildman–Crippen MR) is 121 cm³/mol. The molecule has 7 heteroatoms. The molecule has 1 aromatic heterocycles. The highest BCUT2D eigenvalue weighted by Gasteiger charge is 2.12. The fourth-order valence-electron chi connectivity index (χ4n) is 3.27. The standard InChI is InChI=1S/C23H33N3O3S/c1-2-3-12-28-13-4-9-24-22(27)16-21-18-30-23(25-21)20-7-5-19(6-8-20)17-26-10-14-29-15-11-26/h5-8,18H,2-4,9-17H2,1H3,(H,24,27). The Kier molecular flexibility index (Phi) is 9.76. The quantitative estimate of drug-likeness (QED) is 0.521. The van der Waals surface area contributed by atoms with Crippen molar-refractivity contribution >= 4 is 17.2 Å². The van der Waals surface area contributed by atoms with E-state index in [0.717, 1.165) is 75.0 Å². The lowest BCUT2D eigenvalue weighted by Crippen LogP contribution is -2.35. The first-order chi connectivity index (χ1) is 14.7. The van der Waals surface area contributed by atoms with Crippen LogP contribution in [0.3, 0.4) is 0 Å². The van der Waals surface area contributed by atoms with E-state index in [0.29, 0.717) is 19.6 Å². The largest absolute Gasteiger partial charge is 0.381 e. The minimum atomic E-state index is 0.0151. The first-order valence-corrected chi connectivity index (χ1v) is 11.8. The zero-order valence-electron chi connectivity index (χ0n) is 17.9. The van der Waals surface area contributed by atoms with Gasteiger partial charge in [-0.1, -0.05) is 37.6 Å². The molecule has 0 aliphatic carbocycles. The highest BCUT2D eigenvalue weighted by molar-refractivity contribution is 7.13. The van der Waals surface area contributed by atoms with Crippen LogP contribution in [0.2, 0.25) is 0 Å². The van der Waals surface area contributed by atoms with E-state index in [4.69, 9.17) is 9.47 Å². The highest BCUT2D eigenvalue weighted by Crippen LogP contribution is 2.24. The maximum absolute atomic E-state index is 12.1. The van der Waals surface area contributed by atoms with Crippen LogP contribution in [0.15, 0.2) is 29.6 Å². The Morgan fingerprint density at radius 1 is 1.20 bits per heavy atom. The van der Waals surface area contributed by atoms with E-state index in [1.807, 2.05) is 5.38 Å². The van der Waals surface area contributed by atoms with Gasteiger partial charge in [0.1, 0.15) is 5.01 Å². The molecule has 0 bridgehead atoms. The summed E-state index contributed by atoms with van der Waals surface area (Å²) in [6, 6.07) is 8.58. The van der Waals surface area contributed by atoms with Gasteiger partial charge in [0.15, 0.2) is 0 Å². The lowest BCUT2D eigenvalue weighted by atomic mass is 10.1. The van der Waals surface area contributed by atoms with Gasteiger partial charge >= 0.3 is 0 Å². The molecule has 0 radical (unpaired) electrons. The lowest BCUT2D eigenvalue weighted by molar-refractivity contribution is -0.120. The smallest absolute Gasteiger partial charge is 0.226 e. The van der Waals surface area contributed by atoms with E-state index in [9.17, 15) is 4.79 Å². The van der Waals surface area contributed by atoms with Gasteiger partial charge in [-0.25, -0.2) is 4.98 Å². The number of ether oxygens (including phenoxy) is 2. The van der Waals surface area contributed by atoms with Crippen molar-refractivity contribution in [3.05, 3.63) is 40.9 Å². The number of nitrogens with zero attached hydrogens (tertiary/aromatic N) is 2. The molecule has 2 aromatic rings. The molecule has 1 aromatic carbocycles. The van der Waals surface area contributed by atoms with Crippen molar-refractivity contribution in [2.45, 2.75) is 39.2 Å². The molecule has 6 nitrogen and oxygen atoms in total. The summed E-state index contributed by atoms with van der Waals surface area (Å²) in [5.41, 5.74) is 3.22. The Morgan fingerprint density at radius 2 is 1.97 bits per heavy atom. The van der Waals surface area contributed by atoms with Crippen LogP contribution in [0.5, 0.6) is 0 Å². The summed E-state index contributed by atoms with van der Waals surface area (Å²) in [5, 5.41) is 5.88. The summed E-state index contributed by atoms with van der Waals surface area (Å²) < 4.78 is 10.9. The van der Waals surface area contributed by atoms with Crippen molar-refractivity contribution in [2.24, 2.45) is 0 Å². The SMILES string of the molecule is CCCCOCCCNC(=O)Cc1csc(-c2ccc(CN3CCOCC3)cc2)n1. The molecule has 0 saturated carbocycles. The second-order valence-electron chi connectivity index (χ2n) is 7.58. The fourth-order valence-corrected chi connectivity index (χ4v) is 4.09. The van der Waals surface area contributed by atoms with Crippen LogP contribution in [0, 0.1) is 0 Å². The molecule has 164 valence electrons. The van der Waals surface area contributed by atoms with E-state index in [1.165, 1.54) is 5.56 Å². The van der Waals surface area contributed by atoms with Crippen LogP contribution in [0.4, 0.5) is 0 Å². The number of hydrogen-bond acceptors (Lipinski definition) is 6. The van der Waals surface area contributed by atoms with Gasteiger partial charge in [0.05, 0.1) is 25.3 Å². The topological polar surface area (TPSA) is 63.7 Å². The van der Waals surface area contributed by atoms with E-state index < -0.39 is 0 Å². The number of morpholine rings is 1. The number of carbonyl (C=O) groups is 1. The van der Waals surface area contributed by atoms with Gasteiger partial charge in [0, 0.05) is 50.3 Å². The van der Waals surface area contributed by atoms with E-state index >= 15 is 0 Å². The van der Waals surface area contributed by atoms with Crippen molar-refractivity contribution in [3.63, 3.8) is 0 Å². The Morgan fingerprint density at radius 3 is 2.73 bits per heavy atom. The highest BCUT2D eigenvalue weighted by atomic mass is 32.1. The third kappa shape index (κ3) is 7.80. The monoisotopic (exact) mass is 431 g/mol. The number of unbranched alkanes of at least 4 members (excludes halogenated alkanes) is 1. The van der Waals surface area contributed by atoms with Crippen LogP contribution in [-0.4, -0.2) is 61.9 Å². The molecule has 0 spiro atoms. The lowest BCUT2D eigenvalue weighted by Gasteiger charge is -2.26. The normalized spacial score (nSPS) is 14.7. The van der Waals surface area contributed by atoms with Gasteiger partial charge in [0.2, 0.25) is 5.91 Å². The Bertz CT molecular complexity index is 757. The molecule has 1 saturated heterocycles. The molecular formula is C23H33N3O3S. The van der Waals surface area contributed by atoms with E-state index in [1.54, 1.807) is 11.3 Å². The second kappa shape index (κ2) is 12.8. The number of hydrogen-bond donors (Lipinski definition) is 1. The van der Waals surface area contributed by atoms with E-state index in [2.05, 4.69) is 46.4 Å². The van der Waals surface area contributed by atoms with E-state index in [-0.39, 0.29) is 5.91 Å². The van der Waals surface area contributed by atoms with Crippen molar-refractivity contribution in [2.75, 3.05) is 46.1 Å². The molecule has 1 aliphatic rings. The summed E-state index contributed by atoms with van der Waals surface area (Å²) in [6.07, 6.45) is 3.40. The van der Waals surface area contributed by atoms with Crippen LogP contribution in [-0.2, 0) is 27.2 Å². The summed E-state index contributed by atoms with van der Waals surface area (Å²) in [4.78, 5) is 19.2. The van der Waals surface area contributed by atoms with Crippen molar-refractivity contribution in [3.8, 4) is 10.6 Å². The Balaban J connectivity index is 1.40. The van der Waals surface area contributed by atoms with Gasteiger partial charge in [-0.15, -0.1) is 11.3 Å². The molecule has 1 aliphatic heterocycles. The molecule has 1 N–H and O–H groups in total. The number of carbonyl (C=O) groups excluding carboxylic acids is 1. The van der Waals surface area contributed by atoms with Gasteiger partial charge in [-0.2, -0.15) is 0 Å². The third-order valence-corrected chi connectivity index (χ3v) is 5.97. The summed E-state index contributed by atoms with van der Waals surface area (Å²) in [7, 11) is 0. The molecule has 2 heterocycles. The number of aromatic nitrogens is 1.